The minimum absolute atomic E-state index is 0.0250. The predicted molar refractivity (Wildman–Crippen MR) is 82.4 cm³/mol. The monoisotopic (exact) mass is 324 g/mol. The van der Waals surface area contributed by atoms with Gasteiger partial charge in [-0.2, -0.15) is 0 Å². The maximum atomic E-state index is 12.8. The number of carboxylic acids is 1. The third-order valence-electron chi connectivity index (χ3n) is 3.22. The molecule has 0 spiro atoms. The second-order valence-electron chi connectivity index (χ2n) is 5.11. The van der Waals surface area contributed by atoms with Crippen LogP contribution >= 0.6 is 0 Å². The molecule has 0 aliphatic carbocycles. The summed E-state index contributed by atoms with van der Waals surface area (Å²) in [5.74, 6) is -2.36. The smallest absolute Gasteiger partial charge is 0.326 e. The highest BCUT2D eigenvalue weighted by Crippen LogP contribution is 2.03. The highest BCUT2D eigenvalue weighted by Gasteiger charge is 2.18. The maximum Gasteiger partial charge on any atom is 0.326 e. The van der Waals surface area contributed by atoms with Gasteiger partial charge >= 0.3 is 5.97 Å². The average Bonchev–Trinajstić information content (AvgIpc) is 2.51. The Labute approximate surface area is 134 Å². The van der Waals surface area contributed by atoms with Crippen molar-refractivity contribution < 1.29 is 23.9 Å². The lowest BCUT2D eigenvalue weighted by molar-refractivity contribution is -0.142. The van der Waals surface area contributed by atoms with Crippen LogP contribution in [0.1, 0.15) is 43.0 Å². The first-order valence-electron chi connectivity index (χ1n) is 7.50. The summed E-state index contributed by atoms with van der Waals surface area (Å²) in [4.78, 5) is 34.5. The Bertz CT molecular complexity index is 546. The fourth-order valence-corrected chi connectivity index (χ4v) is 1.93. The van der Waals surface area contributed by atoms with Crippen LogP contribution < -0.4 is 10.6 Å². The van der Waals surface area contributed by atoms with Gasteiger partial charge in [-0.05, 0) is 30.7 Å². The highest BCUT2D eigenvalue weighted by molar-refractivity contribution is 5.94. The molecule has 0 aliphatic heterocycles. The summed E-state index contributed by atoms with van der Waals surface area (Å²) >= 11 is 0. The molecule has 1 aromatic rings. The van der Waals surface area contributed by atoms with Crippen LogP contribution in [0.15, 0.2) is 24.3 Å². The fourth-order valence-electron chi connectivity index (χ4n) is 1.93. The highest BCUT2D eigenvalue weighted by atomic mass is 19.1. The Morgan fingerprint density at radius 1 is 1.22 bits per heavy atom. The summed E-state index contributed by atoms with van der Waals surface area (Å²) in [5.41, 5.74) is 0.290. The molecule has 7 heteroatoms. The zero-order valence-corrected chi connectivity index (χ0v) is 13.0. The van der Waals surface area contributed by atoms with Crippen LogP contribution in [0.25, 0.3) is 0 Å². The molecule has 1 aromatic carbocycles. The molecule has 1 atom stereocenters. The molecule has 0 heterocycles. The number of hydrogen-bond donors (Lipinski definition) is 3. The Morgan fingerprint density at radius 2 is 1.87 bits per heavy atom. The van der Waals surface area contributed by atoms with E-state index in [0.717, 1.165) is 6.42 Å². The van der Waals surface area contributed by atoms with Crippen LogP contribution in [0.2, 0.25) is 0 Å². The number of carbonyl (C=O) groups excluding carboxylic acids is 2. The van der Waals surface area contributed by atoms with Crippen molar-refractivity contribution in [3.63, 3.8) is 0 Å². The van der Waals surface area contributed by atoms with E-state index >= 15 is 0 Å². The molecule has 6 nitrogen and oxygen atoms in total. The van der Waals surface area contributed by atoms with E-state index in [-0.39, 0.29) is 18.5 Å². The summed E-state index contributed by atoms with van der Waals surface area (Å²) in [7, 11) is 0. The van der Waals surface area contributed by atoms with Gasteiger partial charge in [-0.1, -0.05) is 19.8 Å². The third kappa shape index (κ3) is 6.90. The van der Waals surface area contributed by atoms with Gasteiger partial charge in [0.15, 0.2) is 0 Å². The molecule has 126 valence electrons. The van der Waals surface area contributed by atoms with Gasteiger partial charge in [-0.25, -0.2) is 9.18 Å². The van der Waals surface area contributed by atoms with Crippen LogP contribution in [0.4, 0.5) is 4.39 Å². The maximum absolute atomic E-state index is 12.8. The van der Waals surface area contributed by atoms with Crippen LogP contribution in [-0.4, -0.2) is 35.5 Å². The Morgan fingerprint density at radius 3 is 2.43 bits per heavy atom. The molecule has 1 rings (SSSR count). The molecule has 0 aliphatic rings. The summed E-state index contributed by atoms with van der Waals surface area (Å²) in [6, 6.07) is 4.13. The SMILES string of the molecule is CCCC[C@H](NC(=O)CCNC(=O)c1ccc(F)cc1)C(=O)O. The number of hydrogen-bond acceptors (Lipinski definition) is 3. The number of carboxylic acid groups (broad SMARTS) is 1. The summed E-state index contributed by atoms with van der Waals surface area (Å²) in [6.45, 7) is 2.01. The van der Waals surface area contributed by atoms with Gasteiger partial charge in [-0.15, -0.1) is 0 Å². The normalized spacial score (nSPS) is 11.6. The van der Waals surface area contributed by atoms with Gasteiger partial charge in [0.05, 0.1) is 0 Å². The van der Waals surface area contributed by atoms with E-state index in [9.17, 15) is 18.8 Å². The van der Waals surface area contributed by atoms with E-state index in [0.29, 0.717) is 12.8 Å². The van der Waals surface area contributed by atoms with Crippen molar-refractivity contribution in [2.45, 2.75) is 38.6 Å². The van der Waals surface area contributed by atoms with Crippen LogP contribution in [-0.2, 0) is 9.59 Å². The van der Waals surface area contributed by atoms with E-state index in [1.165, 1.54) is 24.3 Å². The fraction of sp³-hybridized carbons (Fsp3) is 0.438. The number of halogens is 1. The number of aliphatic carboxylic acids is 1. The molecular formula is C16H21FN2O4. The largest absolute Gasteiger partial charge is 0.480 e. The van der Waals surface area contributed by atoms with Crippen LogP contribution in [0.5, 0.6) is 0 Å². The third-order valence-corrected chi connectivity index (χ3v) is 3.22. The minimum Gasteiger partial charge on any atom is -0.480 e. The zero-order valence-electron chi connectivity index (χ0n) is 13.0. The summed E-state index contributed by atoms with van der Waals surface area (Å²) < 4.78 is 12.8. The van der Waals surface area contributed by atoms with Gasteiger partial charge in [-0.3, -0.25) is 9.59 Å². The van der Waals surface area contributed by atoms with Crippen molar-refractivity contribution in [3.05, 3.63) is 35.6 Å². The summed E-state index contributed by atoms with van der Waals surface area (Å²) in [6.07, 6.45) is 1.90. The number of unbranched alkanes of at least 4 members (excludes halogenated alkanes) is 1. The Balaban J connectivity index is 2.36. The predicted octanol–water partition coefficient (Wildman–Crippen LogP) is 1.71. The molecule has 0 radical (unpaired) electrons. The Kier molecular flexibility index (Phi) is 7.73. The van der Waals surface area contributed by atoms with Crippen molar-refractivity contribution in [1.29, 1.82) is 0 Å². The number of amides is 2. The van der Waals surface area contributed by atoms with Gasteiger partial charge < -0.3 is 15.7 Å². The lowest BCUT2D eigenvalue weighted by Crippen LogP contribution is -2.41. The summed E-state index contributed by atoms with van der Waals surface area (Å²) in [5, 5.41) is 14.0. The van der Waals surface area contributed by atoms with Crippen LogP contribution in [0, 0.1) is 5.82 Å². The van der Waals surface area contributed by atoms with Gasteiger partial charge in [0.2, 0.25) is 5.91 Å². The van der Waals surface area contributed by atoms with Crippen molar-refractivity contribution in [2.75, 3.05) is 6.54 Å². The molecule has 2 amide bonds. The molecule has 23 heavy (non-hydrogen) atoms. The molecule has 0 saturated heterocycles. The second kappa shape index (κ2) is 9.55. The van der Waals surface area contributed by atoms with Gasteiger partial charge in [0.1, 0.15) is 11.9 Å². The van der Waals surface area contributed by atoms with E-state index in [1.807, 2.05) is 6.92 Å². The number of benzene rings is 1. The van der Waals surface area contributed by atoms with Crippen molar-refractivity contribution in [2.24, 2.45) is 0 Å². The minimum atomic E-state index is -1.07. The molecule has 0 fully saturated rings. The van der Waals surface area contributed by atoms with E-state index in [1.54, 1.807) is 0 Å². The first-order chi connectivity index (χ1) is 10.9. The van der Waals surface area contributed by atoms with Crippen LogP contribution in [0.3, 0.4) is 0 Å². The molecular weight excluding hydrogens is 303 g/mol. The topological polar surface area (TPSA) is 95.5 Å². The number of rotatable bonds is 9. The lowest BCUT2D eigenvalue weighted by Gasteiger charge is -2.14. The lowest BCUT2D eigenvalue weighted by atomic mass is 10.1. The number of nitrogens with one attached hydrogen (secondary N) is 2. The molecule has 0 saturated carbocycles. The number of carbonyl (C=O) groups is 3. The van der Waals surface area contributed by atoms with Crippen molar-refractivity contribution in [3.8, 4) is 0 Å². The molecule has 0 bridgehead atoms. The van der Waals surface area contributed by atoms with E-state index < -0.39 is 29.6 Å². The van der Waals surface area contributed by atoms with E-state index in [2.05, 4.69) is 10.6 Å². The standard InChI is InChI=1S/C16H21FN2O4/c1-2-3-4-13(16(22)23)19-14(20)9-10-18-15(21)11-5-7-12(17)8-6-11/h5-8,13H,2-4,9-10H2,1H3,(H,18,21)(H,19,20)(H,22,23)/t13-/m0/s1. The molecule has 3 N–H and O–H groups in total. The van der Waals surface area contributed by atoms with Crippen molar-refractivity contribution in [1.82, 2.24) is 10.6 Å². The first-order valence-corrected chi connectivity index (χ1v) is 7.50. The van der Waals surface area contributed by atoms with Gasteiger partial charge in [0.25, 0.3) is 5.91 Å². The Hall–Kier alpha value is -2.44. The quantitative estimate of drug-likeness (QED) is 0.644. The average molecular weight is 324 g/mol. The molecule has 0 unspecified atom stereocenters. The van der Waals surface area contributed by atoms with Crippen molar-refractivity contribution >= 4 is 17.8 Å². The van der Waals surface area contributed by atoms with Gasteiger partial charge in [0, 0.05) is 18.5 Å². The first kappa shape index (κ1) is 18.6. The molecule has 0 aromatic heterocycles. The van der Waals surface area contributed by atoms with E-state index in [4.69, 9.17) is 5.11 Å². The second-order valence-corrected chi connectivity index (χ2v) is 5.11. The zero-order chi connectivity index (χ0) is 17.2.